The number of para-hydroxylation sites is 2. The second kappa shape index (κ2) is 2.93. The topological polar surface area (TPSA) is 28.7 Å². The number of imidazole rings is 1. The molecule has 1 heterocycles. The first-order chi connectivity index (χ1) is 4.47. The molecule has 0 aliphatic rings. The fourth-order valence-corrected chi connectivity index (χ4v) is 0.880. The SMILES string of the molecule is [Ru].c1ccc2[nH]cnc2c1. The maximum atomic E-state index is 4.06. The first-order valence-corrected chi connectivity index (χ1v) is 2.85. The number of hydrogen-bond donors (Lipinski definition) is 1. The van der Waals surface area contributed by atoms with Crippen LogP contribution in [0.5, 0.6) is 0 Å². The van der Waals surface area contributed by atoms with Crippen LogP contribution in [0.4, 0.5) is 0 Å². The van der Waals surface area contributed by atoms with Crippen LogP contribution in [0.15, 0.2) is 30.6 Å². The first-order valence-electron chi connectivity index (χ1n) is 2.85. The summed E-state index contributed by atoms with van der Waals surface area (Å²) in [6.45, 7) is 0. The van der Waals surface area contributed by atoms with Gasteiger partial charge in [0.15, 0.2) is 0 Å². The van der Waals surface area contributed by atoms with E-state index in [1.165, 1.54) is 0 Å². The van der Waals surface area contributed by atoms with Gasteiger partial charge in [-0.25, -0.2) is 4.98 Å². The Bertz CT molecular complexity index is 286. The summed E-state index contributed by atoms with van der Waals surface area (Å²) in [5, 5.41) is 0. The molecule has 2 nitrogen and oxygen atoms in total. The van der Waals surface area contributed by atoms with Crippen molar-refractivity contribution in [3.05, 3.63) is 30.6 Å². The van der Waals surface area contributed by atoms with Gasteiger partial charge in [0.2, 0.25) is 0 Å². The molecule has 2 rings (SSSR count). The molecule has 52 valence electrons. The zero-order chi connectivity index (χ0) is 6.10. The van der Waals surface area contributed by atoms with Gasteiger partial charge in [-0.15, -0.1) is 0 Å². The predicted octanol–water partition coefficient (Wildman–Crippen LogP) is 1.56. The third kappa shape index (κ3) is 1.10. The van der Waals surface area contributed by atoms with Crippen LogP contribution in [-0.2, 0) is 19.5 Å². The van der Waals surface area contributed by atoms with Gasteiger partial charge in [0, 0.05) is 19.5 Å². The van der Waals surface area contributed by atoms with Gasteiger partial charge >= 0.3 is 0 Å². The molecule has 0 radical (unpaired) electrons. The molecule has 0 fully saturated rings. The van der Waals surface area contributed by atoms with Crippen molar-refractivity contribution in [1.82, 2.24) is 9.97 Å². The number of nitrogens with one attached hydrogen (secondary N) is 1. The van der Waals surface area contributed by atoms with Gasteiger partial charge in [-0.1, -0.05) is 12.1 Å². The van der Waals surface area contributed by atoms with E-state index in [0.29, 0.717) is 0 Å². The number of rotatable bonds is 0. The third-order valence-corrected chi connectivity index (χ3v) is 1.33. The second-order valence-corrected chi connectivity index (χ2v) is 1.92. The summed E-state index contributed by atoms with van der Waals surface area (Å²) in [6, 6.07) is 7.94. The van der Waals surface area contributed by atoms with E-state index >= 15 is 0 Å². The minimum atomic E-state index is 0. The molecule has 1 aromatic heterocycles. The maximum absolute atomic E-state index is 4.06. The number of aromatic amines is 1. The number of fused-ring (bicyclic) bond motifs is 1. The number of benzene rings is 1. The van der Waals surface area contributed by atoms with E-state index in [4.69, 9.17) is 0 Å². The van der Waals surface area contributed by atoms with E-state index in [9.17, 15) is 0 Å². The van der Waals surface area contributed by atoms with E-state index in [-0.39, 0.29) is 19.5 Å². The molecule has 0 amide bonds. The van der Waals surface area contributed by atoms with Crippen LogP contribution in [0.3, 0.4) is 0 Å². The fraction of sp³-hybridized carbons (Fsp3) is 0. The average Bonchev–Trinajstić information content (AvgIpc) is 2.33. The van der Waals surface area contributed by atoms with E-state index in [1.54, 1.807) is 6.33 Å². The van der Waals surface area contributed by atoms with Gasteiger partial charge in [-0.3, -0.25) is 0 Å². The van der Waals surface area contributed by atoms with E-state index in [0.717, 1.165) is 11.0 Å². The zero-order valence-electron chi connectivity index (χ0n) is 5.19. The smallest absolute Gasteiger partial charge is 0.0931 e. The van der Waals surface area contributed by atoms with Gasteiger partial charge in [0.1, 0.15) is 0 Å². The van der Waals surface area contributed by atoms with Crippen molar-refractivity contribution in [2.24, 2.45) is 0 Å². The van der Waals surface area contributed by atoms with Gasteiger partial charge in [-0.05, 0) is 12.1 Å². The maximum Gasteiger partial charge on any atom is 0.0931 e. The normalized spacial score (nSPS) is 9.20. The fourth-order valence-electron chi connectivity index (χ4n) is 0.880. The summed E-state index contributed by atoms with van der Waals surface area (Å²) >= 11 is 0. The summed E-state index contributed by atoms with van der Waals surface area (Å²) in [6.07, 6.45) is 1.70. The molecular weight excluding hydrogens is 213 g/mol. The van der Waals surface area contributed by atoms with Crippen molar-refractivity contribution in [3.8, 4) is 0 Å². The molecule has 2 aromatic rings. The summed E-state index contributed by atoms with van der Waals surface area (Å²) in [5.41, 5.74) is 2.12. The molecular formula is C7H6N2Ru. The summed E-state index contributed by atoms with van der Waals surface area (Å²) in [5.74, 6) is 0. The van der Waals surface area contributed by atoms with Gasteiger partial charge < -0.3 is 4.98 Å². The standard InChI is InChI=1S/C7H6N2.Ru/c1-2-4-7-6(3-1)8-5-9-7;/h1-5H,(H,8,9);. The molecule has 0 unspecified atom stereocenters. The minimum Gasteiger partial charge on any atom is -0.345 e. The Balaban J connectivity index is 0.000000500. The zero-order valence-corrected chi connectivity index (χ0v) is 6.93. The second-order valence-electron chi connectivity index (χ2n) is 1.92. The molecule has 1 aromatic carbocycles. The molecule has 0 atom stereocenters. The van der Waals surface area contributed by atoms with Crippen molar-refractivity contribution < 1.29 is 19.5 Å². The molecule has 1 N–H and O–H groups in total. The van der Waals surface area contributed by atoms with Crippen LogP contribution in [0, 0.1) is 0 Å². The summed E-state index contributed by atoms with van der Waals surface area (Å²) in [7, 11) is 0. The molecule has 0 aliphatic heterocycles. The Hall–Kier alpha value is -0.687. The molecule has 0 saturated heterocycles. The molecule has 0 saturated carbocycles. The van der Waals surface area contributed by atoms with Crippen LogP contribution in [-0.4, -0.2) is 9.97 Å². The molecule has 0 aliphatic carbocycles. The van der Waals surface area contributed by atoms with Crippen molar-refractivity contribution in [1.29, 1.82) is 0 Å². The average molecular weight is 219 g/mol. The third-order valence-electron chi connectivity index (χ3n) is 1.33. The van der Waals surface area contributed by atoms with Gasteiger partial charge in [0.25, 0.3) is 0 Å². The Kier molecular flexibility index (Phi) is 2.18. The number of hydrogen-bond acceptors (Lipinski definition) is 1. The van der Waals surface area contributed by atoms with Crippen molar-refractivity contribution in [3.63, 3.8) is 0 Å². The predicted molar refractivity (Wildman–Crippen MR) is 36.1 cm³/mol. The van der Waals surface area contributed by atoms with E-state index < -0.39 is 0 Å². The summed E-state index contributed by atoms with van der Waals surface area (Å²) in [4.78, 5) is 7.07. The number of H-pyrrole nitrogens is 1. The van der Waals surface area contributed by atoms with Crippen LogP contribution in [0.25, 0.3) is 11.0 Å². The van der Waals surface area contributed by atoms with Crippen LogP contribution in [0.2, 0.25) is 0 Å². The van der Waals surface area contributed by atoms with E-state index in [2.05, 4.69) is 9.97 Å². The Morgan fingerprint density at radius 2 is 2.00 bits per heavy atom. The van der Waals surface area contributed by atoms with Crippen molar-refractivity contribution in [2.75, 3.05) is 0 Å². The Morgan fingerprint density at radius 3 is 2.80 bits per heavy atom. The minimum absolute atomic E-state index is 0. The van der Waals surface area contributed by atoms with Crippen LogP contribution >= 0.6 is 0 Å². The van der Waals surface area contributed by atoms with Crippen LogP contribution in [0.1, 0.15) is 0 Å². The van der Waals surface area contributed by atoms with Gasteiger partial charge in [0.05, 0.1) is 17.4 Å². The number of nitrogens with zero attached hydrogens (tertiary/aromatic N) is 1. The van der Waals surface area contributed by atoms with Crippen molar-refractivity contribution in [2.45, 2.75) is 0 Å². The molecule has 0 spiro atoms. The molecule has 10 heavy (non-hydrogen) atoms. The van der Waals surface area contributed by atoms with Gasteiger partial charge in [-0.2, -0.15) is 0 Å². The largest absolute Gasteiger partial charge is 0.345 e. The Labute approximate surface area is 71.4 Å². The quantitative estimate of drug-likeness (QED) is 0.669. The Morgan fingerprint density at radius 1 is 1.20 bits per heavy atom. The number of aromatic nitrogens is 2. The molecule has 0 bridgehead atoms. The summed E-state index contributed by atoms with van der Waals surface area (Å²) < 4.78 is 0. The monoisotopic (exact) mass is 220 g/mol. The molecule has 3 heteroatoms. The van der Waals surface area contributed by atoms with Crippen LogP contribution < -0.4 is 0 Å². The first kappa shape index (κ1) is 7.42. The van der Waals surface area contributed by atoms with E-state index in [1.807, 2.05) is 24.3 Å². The van der Waals surface area contributed by atoms with Crippen molar-refractivity contribution >= 4 is 11.0 Å².